The van der Waals surface area contributed by atoms with Gasteiger partial charge >= 0.3 is 0 Å². The van der Waals surface area contributed by atoms with Crippen molar-refractivity contribution in [2.75, 3.05) is 27.0 Å². The summed E-state index contributed by atoms with van der Waals surface area (Å²) in [5.74, 6) is 3.06. The fourth-order valence-electron chi connectivity index (χ4n) is 3.46. The van der Waals surface area contributed by atoms with E-state index < -0.39 is 0 Å². The second-order valence-electron chi connectivity index (χ2n) is 6.22. The zero-order valence-corrected chi connectivity index (χ0v) is 16.5. The smallest absolute Gasteiger partial charge is 0.231 e. The molecule has 3 unspecified atom stereocenters. The van der Waals surface area contributed by atoms with Gasteiger partial charge in [0.1, 0.15) is 12.4 Å². The lowest BCUT2D eigenvalue weighted by Gasteiger charge is -2.22. The number of fused-ring (bicyclic) bond motifs is 3. The van der Waals surface area contributed by atoms with E-state index in [0.29, 0.717) is 31.4 Å². The van der Waals surface area contributed by atoms with Crippen LogP contribution in [-0.2, 0) is 4.74 Å². The highest BCUT2D eigenvalue weighted by Crippen LogP contribution is 2.35. The van der Waals surface area contributed by atoms with E-state index in [1.807, 2.05) is 18.2 Å². The van der Waals surface area contributed by atoms with Gasteiger partial charge < -0.3 is 29.6 Å². The van der Waals surface area contributed by atoms with Gasteiger partial charge in [-0.3, -0.25) is 4.99 Å². The molecule has 3 aliphatic heterocycles. The van der Waals surface area contributed by atoms with E-state index in [9.17, 15) is 0 Å². The number of ether oxygens (including phenoxy) is 4. The van der Waals surface area contributed by atoms with Crippen molar-refractivity contribution in [1.29, 1.82) is 0 Å². The second-order valence-corrected chi connectivity index (χ2v) is 6.22. The molecular weight excluding hydrogens is 437 g/mol. The molecule has 3 heterocycles. The predicted octanol–water partition coefficient (Wildman–Crippen LogP) is 1.90. The van der Waals surface area contributed by atoms with Crippen molar-refractivity contribution in [1.82, 2.24) is 10.6 Å². The quantitative estimate of drug-likeness (QED) is 0.302. The molecule has 8 heteroatoms. The van der Waals surface area contributed by atoms with E-state index in [1.165, 1.54) is 6.42 Å². The summed E-state index contributed by atoms with van der Waals surface area (Å²) in [5.41, 5.74) is 0. The van der Waals surface area contributed by atoms with Crippen LogP contribution in [0.5, 0.6) is 17.2 Å². The first-order valence-electron chi connectivity index (χ1n) is 8.47. The first kappa shape index (κ1) is 18.4. The Balaban J connectivity index is 0.00000182. The van der Waals surface area contributed by atoms with Crippen LogP contribution in [-0.4, -0.2) is 51.2 Å². The minimum Gasteiger partial charge on any atom is -0.492 e. The van der Waals surface area contributed by atoms with Gasteiger partial charge in [0.25, 0.3) is 0 Å². The number of rotatable bonds is 5. The molecule has 1 aromatic carbocycles. The van der Waals surface area contributed by atoms with Crippen LogP contribution in [0.25, 0.3) is 0 Å². The van der Waals surface area contributed by atoms with Crippen LogP contribution in [0.1, 0.15) is 19.3 Å². The average Bonchev–Trinajstić information content (AvgIpc) is 3.33. The lowest BCUT2D eigenvalue weighted by molar-refractivity contribution is 0.0992. The molecular formula is C17H24IN3O4. The highest BCUT2D eigenvalue weighted by molar-refractivity contribution is 14.0. The molecule has 0 spiro atoms. The molecule has 2 bridgehead atoms. The first-order chi connectivity index (χ1) is 11.8. The van der Waals surface area contributed by atoms with Crippen molar-refractivity contribution in [3.8, 4) is 17.2 Å². The molecule has 1 aromatic rings. The zero-order valence-electron chi connectivity index (χ0n) is 14.2. The number of hydrogen-bond acceptors (Lipinski definition) is 5. The van der Waals surface area contributed by atoms with Crippen molar-refractivity contribution in [3.05, 3.63) is 18.2 Å². The predicted molar refractivity (Wildman–Crippen MR) is 104 cm³/mol. The number of hydrogen-bond donors (Lipinski definition) is 2. The molecule has 2 saturated heterocycles. The Morgan fingerprint density at radius 3 is 2.92 bits per heavy atom. The molecule has 138 valence electrons. The highest BCUT2D eigenvalue weighted by atomic mass is 127. The SMILES string of the molecule is CN=C(NCCOc1ccc2c(c1)OCO2)NC1CC2CCC1O2.I. The van der Waals surface area contributed by atoms with Gasteiger partial charge in [-0.1, -0.05) is 0 Å². The zero-order chi connectivity index (χ0) is 16.4. The monoisotopic (exact) mass is 461 g/mol. The van der Waals surface area contributed by atoms with E-state index in [1.54, 1.807) is 7.05 Å². The van der Waals surface area contributed by atoms with Crippen molar-refractivity contribution in [2.45, 2.75) is 37.5 Å². The number of guanidine groups is 1. The van der Waals surface area contributed by atoms with Gasteiger partial charge in [-0.2, -0.15) is 0 Å². The van der Waals surface area contributed by atoms with Crippen LogP contribution in [0.15, 0.2) is 23.2 Å². The van der Waals surface area contributed by atoms with Gasteiger partial charge in [0.15, 0.2) is 17.5 Å². The van der Waals surface area contributed by atoms with E-state index >= 15 is 0 Å². The Labute approximate surface area is 164 Å². The summed E-state index contributed by atoms with van der Waals surface area (Å²) in [7, 11) is 1.78. The van der Waals surface area contributed by atoms with Crippen LogP contribution < -0.4 is 24.8 Å². The lowest BCUT2D eigenvalue weighted by Crippen LogP contribution is -2.48. The van der Waals surface area contributed by atoms with Gasteiger partial charge in [0.2, 0.25) is 6.79 Å². The van der Waals surface area contributed by atoms with Gasteiger partial charge in [0.05, 0.1) is 24.8 Å². The summed E-state index contributed by atoms with van der Waals surface area (Å²) in [4.78, 5) is 4.27. The molecule has 2 fully saturated rings. The van der Waals surface area contributed by atoms with E-state index in [0.717, 1.165) is 36.0 Å². The third-order valence-electron chi connectivity index (χ3n) is 4.66. The molecule has 25 heavy (non-hydrogen) atoms. The summed E-state index contributed by atoms with van der Waals surface area (Å²) in [5, 5.41) is 6.73. The highest BCUT2D eigenvalue weighted by Gasteiger charge is 2.41. The summed E-state index contributed by atoms with van der Waals surface area (Å²) < 4.78 is 22.2. The van der Waals surface area contributed by atoms with Crippen molar-refractivity contribution in [2.24, 2.45) is 4.99 Å². The fourth-order valence-corrected chi connectivity index (χ4v) is 3.46. The Morgan fingerprint density at radius 2 is 2.16 bits per heavy atom. The minimum absolute atomic E-state index is 0. The maximum absolute atomic E-state index is 5.86. The lowest BCUT2D eigenvalue weighted by atomic mass is 9.96. The Morgan fingerprint density at radius 1 is 1.28 bits per heavy atom. The average molecular weight is 461 g/mol. The molecule has 2 N–H and O–H groups in total. The maximum Gasteiger partial charge on any atom is 0.231 e. The molecule has 3 atom stereocenters. The van der Waals surface area contributed by atoms with Gasteiger partial charge in [0, 0.05) is 13.1 Å². The maximum atomic E-state index is 5.86. The van der Waals surface area contributed by atoms with E-state index in [-0.39, 0.29) is 30.8 Å². The number of benzene rings is 1. The van der Waals surface area contributed by atoms with Gasteiger partial charge in [-0.15, -0.1) is 24.0 Å². The fraction of sp³-hybridized carbons (Fsp3) is 0.588. The molecule has 0 aliphatic carbocycles. The van der Waals surface area contributed by atoms with Crippen LogP contribution >= 0.6 is 24.0 Å². The van der Waals surface area contributed by atoms with Crippen molar-refractivity contribution >= 4 is 29.9 Å². The molecule has 4 rings (SSSR count). The van der Waals surface area contributed by atoms with Crippen LogP contribution in [0.2, 0.25) is 0 Å². The van der Waals surface area contributed by atoms with Crippen LogP contribution in [0.4, 0.5) is 0 Å². The summed E-state index contributed by atoms with van der Waals surface area (Å²) >= 11 is 0. The second kappa shape index (κ2) is 8.31. The number of halogens is 1. The van der Waals surface area contributed by atoms with Crippen molar-refractivity contribution in [3.63, 3.8) is 0 Å². The van der Waals surface area contributed by atoms with Crippen LogP contribution in [0.3, 0.4) is 0 Å². The Hall–Kier alpha value is -1.42. The van der Waals surface area contributed by atoms with E-state index in [4.69, 9.17) is 18.9 Å². The first-order valence-corrected chi connectivity index (χ1v) is 8.47. The third kappa shape index (κ3) is 4.22. The molecule has 0 aromatic heterocycles. The number of aliphatic imine (C=N–C) groups is 1. The van der Waals surface area contributed by atoms with E-state index in [2.05, 4.69) is 15.6 Å². The standard InChI is InChI=1S/C17H23N3O4.HI/c1-18-17(20-13-8-12-3-4-14(13)24-12)19-6-7-21-11-2-5-15-16(9-11)23-10-22-15;/h2,5,9,12-14H,3-4,6-8,10H2,1H3,(H2,18,19,20);1H. The minimum atomic E-state index is 0. The molecule has 7 nitrogen and oxygen atoms in total. The Bertz CT molecular complexity index is 628. The number of nitrogens with zero attached hydrogens (tertiary/aromatic N) is 1. The largest absolute Gasteiger partial charge is 0.492 e. The molecule has 0 radical (unpaired) electrons. The normalized spacial score (nSPS) is 26.3. The summed E-state index contributed by atoms with van der Waals surface area (Å²) in [6.45, 7) is 1.47. The molecule has 0 saturated carbocycles. The van der Waals surface area contributed by atoms with Gasteiger partial charge in [-0.25, -0.2) is 0 Å². The third-order valence-corrected chi connectivity index (χ3v) is 4.66. The van der Waals surface area contributed by atoms with Crippen molar-refractivity contribution < 1.29 is 18.9 Å². The van der Waals surface area contributed by atoms with Gasteiger partial charge in [-0.05, 0) is 31.4 Å². The number of nitrogens with one attached hydrogen (secondary N) is 2. The van der Waals surface area contributed by atoms with Crippen LogP contribution in [0, 0.1) is 0 Å². The Kier molecular flexibility index (Phi) is 6.10. The topological polar surface area (TPSA) is 73.3 Å². The molecule has 3 aliphatic rings. The molecule has 0 amide bonds. The summed E-state index contributed by atoms with van der Waals surface area (Å²) in [6, 6.07) is 5.96. The summed E-state index contributed by atoms with van der Waals surface area (Å²) in [6.07, 6.45) is 4.17.